The molecule has 5 heteroatoms. The van der Waals surface area contributed by atoms with Crippen LogP contribution in [0.15, 0.2) is 35.1 Å². The predicted octanol–water partition coefficient (Wildman–Crippen LogP) is 2.25. The Morgan fingerprint density at radius 2 is 2.04 bits per heavy atom. The molecule has 23 heavy (non-hydrogen) atoms. The van der Waals surface area contributed by atoms with Gasteiger partial charge >= 0.3 is 0 Å². The largest absolute Gasteiger partial charge is 0.484 e. The summed E-state index contributed by atoms with van der Waals surface area (Å²) >= 11 is 0. The number of pyridine rings is 1. The minimum Gasteiger partial charge on any atom is -0.484 e. The number of aryl methyl sites for hydroxylation is 3. The number of benzene rings is 1. The number of carbonyl (C=O) groups excluding carboxylic acids is 1. The number of nitrogens with one attached hydrogen (secondary N) is 2. The van der Waals surface area contributed by atoms with Crippen LogP contribution in [-0.4, -0.2) is 17.5 Å². The molecule has 0 aliphatic rings. The lowest BCUT2D eigenvalue weighted by molar-refractivity contribution is -0.123. The number of aromatic nitrogens is 1. The first-order valence-corrected chi connectivity index (χ1v) is 7.67. The molecule has 0 bridgehead atoms. The van der Waals surface area contributed by atoms with Gasteiger partial charge in [0.1, 0.15) is 5.75 Å². The van der Waals surface area contributed by atoms with E-state index in [9.17, 15) is 9.59 Å². The second kappa shape index (κ2) is 7.63. The molecule has 0 aliphatic heterocycles. The highest BCUT2D eigenvalue weighted by molar-refractivity contribution is 5.77. The van der Waals surface area contributed by atoms with Crippen LogP contribution in [0.25, 0.3) is 0 Å². The average molecular weight is 314 g/mol. The molecule has 2 rings (SSSR count). The summed E-state index contributed by atoms with van der Waals surface area (Å²) in [6.45, 7) is 5.87. The Hall–Kier alpha value is -2.56. The summed E-state index contributed by atoms with van der Waals surface area (Å²) in [5.74, 6) is 0.412. The summed E-state index contributed by atoms with van der Waals surface area (Å²) < 4.78 is 5.48. The molecular formula is C18H22N2O3. The van der Waals surface area contributed by atoms with E-state index < -0.39 is 0 Å². The van der Waals surface area contributed by atoms with Crippen LogP contribution in [-0.2, 0) is 17.8 Å². The van der Waals surface area contributed by atoms with Gasteiger partial charge < -0.3 is 15.0 Å². The van der Waals surface area contributed by atoms with E-state index in [-0.39, 0.29) is 24.6 Å². The molecule has 0 saturated heterocycles. The normalized spacial score (nSPS) is 10.4. The van der Waals surface area contributed by atoms with Crippen LogP contribution in [0.1, 0.15) is 29.3 Å². The van der Waals surface area contributed by atoms with Gasteiger partial charge in [0.05, 0.1) is 0 Å². The molecule has 1 heterocycles. The molecule has 0 fully saturated rings. The second-order valence-electron chi connectivity index (χ2n) is 5.51. The zero-order valence-electron chi connectivity index (χ0n) is 13.7. The Labute approximate surface area is 135 Å². The molecule has 0 unspecified atom stereocenters. The number of ether oxygens (including phenoxy) is 1. The number of hydrogen-bond acceptors (Lipinski definition) is 3. The van der Waals surface area contributed by atoms with Gasteiger partial charge in [-0.3, -0.25) is 9.59 Å². The third-order valence-electron chi connectivity index (χ3n) is 3.63. The predicted molar refractivity (Wildman–Crippen MR) is 89.7 cm³/mol. The molecule has 1 aromatic heterocycles. The van der Waals surface area contributed by atoms with E-state index in [1.807, 2.05) is 44.2 Å². The molecule has 2 aromatic rings. The van der Waals surface area contributed by atoms with E-state index >= 15 is 0 Å². The number of carbonyl (C=O) groups is 1. The van der Waals surface area contributed by atoms with E-state index in [0.717, 1.165) is 23.2 Å². The molecule has 122 valence electrons. The maximum Gasteiger partial charge on any atom is 0.258 e. The fourth-order valence-corrected chi connectivity index (χ4v) is 2.34. The summed E-state index contributed by atoms with van der Waals surface area (Å²) in [5.41, 5.74) is 3.23. The third kappa shape index (κ3) is 4.71. The van der Waals surface area contributed by atoms with Gasteiger partial charge in [0.25, 0.3) is 11.5 Å². The zero-order valence-corrected chi connectivity index (χ0v) is 13.7. The van der Waals surface area contributed by atoms with Crippen LogP contribution in [0.3, 0.4) is 0 Å². The van der Waals surface area contributed by atoms with Crippen molar-refractivity contribution in [3.05, 3.63) is 63.1 Å². The maximum absolute atomic E-state index is 11.9. The number of aromatic amines is 1. The third-order valence-corrected chi connectivity index (χ3v) is 3.63. The summed E-state index contributed by atoms with van der Waals surface area (Å²) in [6, 6.07) is 9.54. The quantitative estimate of drug-likeness (QED) is 0.859. The highest BCUT2D eigenvalue weighted by atomic mass is 16.5. The van der Waals surface area contributed by atoms with Crippen LogP contribution in [0.2, 0.25) is 0 Å². The molecular weight excluding hydrogens is 292 g/mol. The summed E-state index contributed by atoms with van der Waals surface area (Å²) in [5, 5.41) is 2.71. The minimum atomic E-state index is -0.258. The smallest absolute Gasteiger partial charge is 0.258 e. The van der Waals surface area contributed by atoms with Crippen molar-refractivity contribution < 1.29 is 9.53 Å². The molecule has 1 amide bonds. The van der Waals surface area contributed by atoms with Gasteiger partial charge in [-0.15, -0.1) is 0 Å². The van der Waals surface area contributed by atoms with E-state index in [1.165, 1.54) is 0 Å². The van der Waals surface area contributed by atoms with Crippen LogP contribution in [0.5, 0.6) is 5.75 Å². The Kier molecular flexibility index (Phi) is 5.57. The van der Waals surface area contributed by atoms with E-state index in [0.29, 0.717) is 11.3 Å². The first-order chi connectivity index (χ1) is 11.0. The first kappa shape index (κ1) is 16.8. The Morgan fingerprint density at radius 1 is 1.26 bits per heavy atom. The van der Waals surface area contributed by atoms with Crippen LogP contribution >= 0.6 is 0 Å². The van der Waals surface area contributed by atoms with Crippen molar-refractivity contribution in [3.8, 4) is 5.75 Å². The summed E-state index contributed by atoms with van der Waals surface area (Å²) in [6.07, 6.45) is 0.916. The van der Waals surface area contributed by atoms with E-state index in [1.54, 1.807) is 0 Å². The Balaban J connectivity index is 1.89. The molecule has 0 radical (unpaired) electrons. The van der Waals surface area contributed by atoms with Gasteiger partial charge in [0, 0.05) is 17.8 Å². The summed E-state index contributed by atoms with van der Waals surface area (Å²) in [4.78, 5) is 26.5. The molecule has 1 aromatic carbocycles. The fraction of sp³-hybridized carbons (Fsp3) is 0.333. The number of rotatable bonds is 6. The lowest BCUT2D eigenvalue weighted by atomic mass is 10.1. The van der Waals surface area contributed by atoms with Crippen LogP contribution in [0.4, 0.5) is 0 Å². The molecule has 0 aliphatic carbocycles. The van der Waals surface area contributed by atoms with Crippen LogP contribution < -0.4 is 15.6 Å². The van der Waals surface area contributed by atoms with Crippen molar-refractivity contribution in [2.75, 3.05) is 6.61 Å². The van der Waals surface area contributed by atoms with Crippen molar-refractivity contribution in [1.82, 2.24) is 10.3 Å². The van der Waals surface area contributed by atoms with Gasteiger partial charge in [-0.1, -0.05) is 19.1 Å². The van der Waals surface area contributed by atoms with E-state index in [4.69, 9.17) is 4.74 Å². The average Bonchev–Trinajstić information content (AvgIpc) is 2.52. The number of amides is 1. The van der Waals surface area contributed by atoms with E-state index in [2.05, 4.69) is 17.2 Å². The molecule has 0 spiro atoms. The number of hydrogen-bond donors (Lipinski definition) is 2. The highest BCUT2D eigenvalue weighted by Gasteiger charge is 2.08. The lowest BCUT2D eigenvalue weighted by Gasteiger charge is -2.10. The topological polar surface area (TPSA) is 71.2 Å². The standard InChI is InChI=1S/C18H22N2O3/c1-4-14-6-5-7-15(9-14)23-11-17(21)19-10-16-12(2)8-13(3)20-18(16)22/h5-9H,4,10-11H2,1-3H3,(H,19,21)(H,20,22). The number of H-pyrrole nitrogens is 1. The molecule has 5 nitrogen and oxygen atoms in total. The Morgan fingerprint density at radius 3 is 2.74 bits per heavy atom. The second-order valence-corrected chi connectivity index (χ2v) is 5.51. The van der Waals surface area contributed by atoms with Crippen molar-refractivity contribution >= 4 is 5.91 Å². The summed E-state index contributed by atoms with van der Waals surface area (Å²) in [7, 11) is 0. The first-order valence-electron chi connectivity index (χ1n) is 7.67. The van der Waals surface area contributed by atoms with Crippen molar-refractivity contribution in [2.24, 2.45) is 0 Å². The van der Waals surface area contributed by atoms with Gasteiger partial charge in [0.2, 0.25) is 0 Å². The highest BCUT2D eigenvalue weighted by Crippen LogP contribution is 2.13. The van der Waals surface area contributed by atoms with Gasteiger partial charge in [-0.25, -0.2) is 0 Å². The maximum atomic E-state index is 11.9. The minimum absolute atomic E-state index is 0.0734. The zero-order chi connectivity index (χ0) is 16.8. The monoisotopic (exact) mass is 314 g/mol. The molecule has 0 atom stereocenters. The van der Waals surface area contributed by atoms with Crippen LogP contribution in [0, 0.1) is 13.8 Å². The SMILES string of the molecule is CCc1cccc(OCC(=O)NCc2c(C)cc(C)[nH]c2=O)c1. The van der Waals surface area contributed by atoms with Crippen molar-refractivity contribution in [2.45, 2.75) is 33.7 Å². The van der Waals surface area contributed by atoms with Crippen molar-refractivity contribution in [1.29, 1.82) is 0 Å². The molecule has 2 N–H and O–H groups in total. The lowest BCUT2D eigenvalue weighted by Crippen LogP contribution is -2.31. The Bertz CT molecular complexity index is 750. The van der Waals surface area contributed by atoms with Crippen molar-refractivity contribution in [3.63, 3.8) is 0 Å². The van der Waals surface area contributed by atoms with Gasteiger partial charge in [-0.05, 0) is 49.6 Å². The van der Waals surface area contributed by atoms with Gasteiger partial charge in [0.15, 0.2) is 6.61 Å². The fourth-order valence-electron chi connectivity index (χ4n) is 2.34. The van der Waals surface area contributed by atoms with Gasteiger partial charge in [-0.2, -0.15) is 0 Å². The molecule has 0 saturated carbocycles.